The minimum atomic E-state index is 0.153. The molecule has 0 spiro atoms. The second-order valence-corrected chi connectivity index (χ2v) is 6.02. The van der Waals surface area contributed by atoms with E-state index in [0.717, 1.165) is 25.6 Å². The van der Waals surface area contributed by atoms with Gasteiger partial charge in [0.25, 0.3) is 0 Å². The number of benzene rings is 1. The summed E-state index contributed by atoms with van der Waals surface area (Å²) in [6.07, 6.45) is 0. The smallest absolute Gasteiger partial charge is 0.191 e. The number of hydrogen-bond acceptors (Lipinski definition) is 2. The Morgan fingerprint density at radius 3 is 2.50 bits per heavy atom. The number of aryl methyl sites for hydroxylation is 1. The zero-order valence-electron chi connectivity index (χ0n) is 13.4. The molecule has 0 aliphatic rings. The first-order chi connectivity index (χ1) is 9.40. The van der Waals surface area contributed by atoms with Crippen molar-refractivity contribution in [2.24, 2.45) is 4.99 Å². The van der Waals surface area contributed by atoms with Crippen molar-refractivity contribution in [1.82, 2.24) is 16.0 Å². The summed E-state index contributed by atoms with van der Waals surface area (Å²) >= 11 is 0. The minimum Gasteiger partial charge on any atom is -0.355 e. The first-order valence-electron chi connectivity index (χ1n) is 7.16. The normalized spacial score (nSPS) is 12.3. The van der Waals surface area contributed by atoms with Gasteiger partial charge in [0.15, 0.2) is 5.96 Å². The van der Waals surface area contributed by atoms with E-state index in [0.29, 0.717) is 0 Å². The summed E-state index contributed by atoms with van der Waals surface area (Å²) in [5, 5.41) is 10.1. The molecule has 0 fully saturated rings. The second-order valence-electron chi connectivity index (χ2n) is 6.02. The largest absolute Gasteiger partial charge is 0.355 e. The van der Waals surface area contributed by atoms with E-state index in [-0.39, 0.29) is 5.54 Å². The zero-order valence-corrected chi connectivity index (χ0v) is 13.4. The first kappa shape index (κ1) is 16.5. The molecule has 112 valence electrons. The molecule has 4 nitrogen and oxygen atoms in total. The van der Waals surface area contributed by atoms with Gasteiger partial charge in [0, 0.05) is 32.2 Å². The summed E-state index contributed by atoms with van der Waals surface area (Å²) in [6, 6.07) is 8.49. The van der Waals surface area contributed by atoms with Crippen LogP contribution in [-0.2, 0) is 6.54 Å². The van der Waals surface area contributed by atoms with E-state index < -0.39 is 0 Å². The van der Waals surface area contributed by atoms with E-state index in [9.17, 15) is 0 Å². The number of nitrogens with one attached hydrogen (secondary N) is 3. The monoisotopic (exact) mass is 276 g/mol. The molecule has 0 unspecified atom stereocenters. The summed E-state index contributed by atoms with van der Waals surface area (Å²) in [6.45, 7) is 11.1. The lowest BCUT2D eigenvalue weighted by atomic mass is 10.1. The van der Waals surface area contributed by atoms with Gasteiger partial charge in [0.05, 0.1) is 0 Å². The average molecular weight is 276 g/mol. The van der Waals surface area contributed by atoms with Crippen LogP contribution >= 0.6 is 0 Å². The summed E-state index contributed by atoms with van der Waals surface area (Å²) in [5.41, 5.74) is 2.70. The molecule has 0 saturated carbocycles. The van der Waals surface area contributed by atoms with Crippen LogP contribution in [0.5, 0.6) is 0 Å². The molecule has 1 aromatic rings. The lowest BCUT2D eigenvalue weighted by Crippen LogP contribution is -2.44. The summed E-state index contributed by atoms with van der Waals surface area (Å²) in [4.78, 5) is 4.23. The Balaban J connectivity index is 2.30. The van der Waals surface area contributed by atoms with Crippen molar-refractivity contribution in [2.75, 3.05) is 20.1 Å². The van der Waals surface area contributed by atoms with Crippen molar-refractivity contribution >= 4 is 5.96 Å². The first-order valence-corrected chi connectivity index (χ1v) is 7.16. The topological polar surface area (TPSA) is 48.5 Å². The fourth-order valence-corrected chi connectivity index (χ4v) is 1.85. The van der Waals surface area contributed by atoms with Gasteiger partial charge in [-0.1, -0.05) is 29.8 Å². The lowest BCUT2D eigenvalue weighted by molar-refractivity contribution is 0.428. The molecule has 3 N–H and O–H groups in total. The van der Waals surface area contributed by atoms with Gasteiger partial charge in [-0.15, -0.1) is 0 Å². The molecule has 0 heterocycles. The zero-order chi connectivity index (χ0) is 15.0. The molecule has 0 aromatic heterocycles. The molecule has 0 atom stereocenters. The number of aliphatic imine (C=N–C) groups is 1. The third kappa shape index (κ3) is 7.14. The standard InChI is InChI=1S/C16H28N4/c1-13-7-6-8-14(11-13)12-19-15(17-5)18-9-10-20-16(2,3)4/h6-8,11,20H,9-10,12H2,1-5H3,(H2,17,18,19). The molecule has 20 heavy (non-hydrogen) atoms. The molecule has 0 bridgehead atoms. The van der Waals surface area contributed by atoms with Crippen LogP contribution < -0.4 is 16.0 Å². The Hall–Kier alpha value is -1.55. The van der Waals surface area contributed by atoms with Crippen molar-refractivity contribution in [2.45, 2.75) is 39.8 Å². The number of nitrogens with zero attached hydrogens (tertiary/aromatic N) is 1. The lowest BCUT2D eigenvalue weighted by Gasteiger charge is -2.21. The number of rotatable bonds is 5. The Morgan fingerprint density at radius 1 is 1.15 bits per heavy atom. The van der Waals surface area contributed by atoms with Crippen LogP contribution in [0.3, 0.4) is 0 Å². The van der Waals surface area contributed by atoms with E-state index >= 15 is 0 Å². The highest BCUT2D eigenvalue weighted by Gasteiger charge is 2.07. The van der Waals surface area contributed by atoms with Crippen LogP contribution in [0.1, 0.15) is 31.9 Å². The van der Waals surface area contributed by atoms with Gasteiger partial charge in [-0.3, -0.25) is 4.99 Å². The third-order valence-electron chi connectivity index (χ3n) is 2.84. The van der Waals surface area contributed by atoms with Gasteiger partial charge in [-0.25, -0.2) is 0 Å². The maximum Gasteiger partial charge on any atom is 0.191 e. The fourth-order valence-electron chi connectivity index (χ4n) is 1.85. The van der Waals surface area contributed by atoms with Gasteiger partial charge in [0.1, 0.15) is 0 Å². The Bertz CT molecular complexity index is 432. The van der Waals surface area contributed by atoms with Crippen molar-refractivity contribution in [3.05, 3.63) is 35.4 Å². The quantitative estimate of drug-likeness (QED) is 0.438. The van der Waals surface area contributed by atoms with Crippen molar-refractivity contribution in [1.29, 1.82) is 0 Å². The Labute approximate surface area is 123 Å². The molecule has 4 heteroatoms. The highest BCUT2D eigenvalue weighted by atomic mass is 15.2. The van der Waals surface area contributed by atoms with Gasteiger partial charge >= 0.3 is 0 Å². The molecule has 0 aliphatic heterocycles. The van der Waals surface area contributed by atoms with E-state index in [1.165, 1.54) is 11.1 Å². The van der Waals surface area contributed by atoms with Gasteiger partial charge in [-0.2, -0.15) is 0 Å². The van der Waals surface area contributed by atoms with E-state index in [1.54, 1.807) is 7.05 Å². The fraction of sp³-hybridized carbons (Fsp3) is 0.562. The van der Waals surface area contributed by atoms with Gasteiger partial charge in [-0.05, 0) is 33.3 Å². The van der Waals surface area contributed by atoms with Crippen LogP contribution in [0.15, 0.2) is 29.3 Å². The highest BCUT2D eigenvalue weighted by molar-refractivity contribution is 5.79. The molecule has 1 rings (SSSR count). The summed E-state index contributed by atoms with van der Waals surface area (Å²) < 4.78 is 0. The summed E-state index contributed by atoms with van der Waals surface area (Å²) in [5.74, 6) is 0.835. The second kappa shape index (κ2) is 7.90. The van der Waals surface area contributed by atoms with Crippen molar-refractivity contribution < 1.29 is 0 Å². The van der Waals surface area contributed by atoms with Gasteiger partial charge < -0.3 is 16.0 Å². The van der Waals surface area contributed by atoms with Crippen LogP contribution in [-0.4, -0.2) is 31.6 Å². The molecular weight excluding hydrogens is 248 g/mol. The van der Waals surface area contributed by atoms with Crippen LogP contribution in [0, 0.1) is 6.92 Å². The van der Waals surface area contributed by atoms with E-state index in [2.05, 4.69) is 72.9 Å². The van der Waals surface area contributed by atoms with E-state index in [4.69, 9.17) is 0 Å². The number of hydrogen-bond donors (Lipinski definition) is 3. The van der Waals surface area contributed by atoms with E-state index in [1.807, 2.05) is 0 Å². The van der Waals surface area contributed by atoms with Crippen molar-refractivity contribution in [3.8, 4) is 0 Å². The minimum absolute atomic E-state index is 0.153. The molecule has 1 aromatic carbocycles. The van der Waals surface area contributed by atoms with Crippen LogP contribution in [0.2, 0.25) is 0 Å². The molecule has 0 amide bonds. The molecule has 0 radical (unpaired) electrons. The SMILES string of the molecule is CN=C(NCCNC(C)(C)C)NCc1cccc(C)c1. The van der Waals surface area contributed by atoms with Crippen LogP contribution in [0.25, 0.3) is 0 Å². The van der Waals surface area contributed by atoms with Gasteiger partial charge in [0.2, 0.25) is 0 Å². The van der Waals surface area contributed by atoms with Crippen molar-refractivity contribution in [3.63, 3.8) is 0 Å². The molecule has 0 saturated heterocycles. The Kier molecular flexibility index (Phi) is 6.52. The third-order valence-corrected chi connectivity index (χ3v) is 2.84. The predicted molar refractivity (Wildman–Crippen MR) is 87.1 cm³/mol. The maximum atomic E-state index is 4.23. The predicted octanol–water partition coefficient (Wildman–Crippen LogP) is 2.05. The average Bonchev–Trinajstić information content (AvgIpc) is 2.37. The Morgan fingerprint density at radius 2 is 1.90 bits per heavy atom. The maximum absolute atomic E-state index is 4.23. The van der Waals surface area contributed by atoms with Crippen LogP contribution in [0.4, 0.5) is 0 Å². The number of guanidine groups is 1. The highest BCUT2D eigenvalue weighted by Crippen LogP contribution is 2.03. The molecule has 0 aliphatic carbocycles. The molecular formula is C16H28N4. The summed E-state index contributed by atoms with van der Waals surface area (Å²) in [7, 11) is 1.79.